The summed E-state index contributed by atoms with van der Waals surface area (Å²) in [6.07, 6.45) is 0.234. The molecular formula is C18H30N4O4. The molecule has 1 fully saturated rings. The predicted molar refractivity (Wildman–Crippen MR) is 98.9 cm³/mol. The molecule has 0 spiro atoms. The van der Waals surface area contributed by atoms with Gasteiger partial charge in [0.05, 0.1) is 30.2 Å². The van der Waals surface area contributed by atoms with Crippen molar-refractivity contribution in [3.63, 3.8) is 0 Å². The lowest BCUT2D eigenvalue weighted by Crippen LogP contribution is -2.57. The summed E-state index contributed by atoms with van der Waals surface area (Å²) in [6.45, 7) is 6.31. The summed E-state index contributed by atoms with van der Waals surface area (Å²) in [5.41, 5.74) is 1.09. The van der Waals surface area contributed by atoms with E-state index in [2.05, 4.69) is 4.98 Å². The topological polar surface area (TPSA) is 89.4 Å². The normalized spacial score (nSPS) is 20.0. The molecular weight excluding hydrogens is 336 g/mol. The molecule has 146 valence electrons. The number of carbonyl (C=O) groups excluding carboxylic acids is 1. The Hall–Kier alpha value is -1.90. The van der Waals surface area contributed by atoms with Crippen molar-refractivity contribution in [2.24, 2.45) is 0 Å². The van der Waals surface area contributed by atoms with Gasteiger partial charge < -0.3 is 19.8 Å². The number of aliphatic hydroxyl groups is 2. The smallest absolute Gasteiger partial charge is 0.412 e. The number of pyridine rings is 1. The van der Waals surface area contributed by atoms with Gasteiger partial charge in [-0.3, -0.25) is 14.8 Å². The minimum Gasteiger partial charge on any atom is -0.444 e. The lowest BCUT2D eigenvalue weighted by atomic mass is 10.1. The van der Waals surface area contributed by atoms with Gasteiger partial charge in [-0.15, -0.1) is 0 Å². The summed E-state index contributed by atoms with van der Waals surface area (Å²) < 4.78 is 5.33. The minimum atomic E-state index is -0.992. The molecule has 1 amide bonds. The van der Waals surface area contributed by atoms with Gasteiger partial charge in [0, 0.05) is 33.7 Å². The molecule has 2 N–H and O–H groups in total. The summed E-state index contributed by atoms with van der Waals surface area (Å²) in [4.78, 5) is 21.8. The number of anilines is 1. The highest BCUT2D eigenvalue weighted by Crippen LogP contribution is 2.24. The molecule has 2 rings (SSSR count). The number of aliphatic hydroxyl groups excluding tert-OH is 2. The SMILES string of the molecule is CN(C)c1ccc(C(CO)N2CCN(C(=O)OC(C)(C)C)C(O)C2)nc1. The third-order valence-corrected chi connectivity index (χ3v) is 4.26. The maximum Gasteiger partial charge on any atom is 0.412 e. The average molecular weight is 366 g/mol. The van der Waals surface area contributed by atoms with Gasteiger partial charge in [0.1, 0.15) is 11.8 Å². The first-order valence-electron chi connectivity index (χ1n) is 8.78. The van der Waals surface area contributed by atoms with Crippen molar-refractivity contribution in [1.82, 2.24) is 14.8 Å². The van der Waals surface area contributed by atoms with Crippen LogP contribution in [0.15, 0.2) is 18.3 Å². The third-order valence-electron chi connectivity index (χ3n) is 4.26. The molecule has 0 bridgehead atoms. The Balaban J connectivity index is 2.04. The van der Waals surface area contributed by atoms with E-state index in [1.807, 2.05) is 36.0 Å². The van der Waals surface area contributed by atoms with E-state index in [4.69, 9.17) is 4.74 Å². The van der Waals surface area contributed by atoms with Gasteiger partial charge in [0.15, 0.2) is 0 Å². The molecule has 1 aliphatic rings. The van der Waals surface area contributed by atoms with E-state index >= 15 is 0 Å². The Kier molecular flexibility index (Phi) is 6.44. The first-order chi connectivity index (χ1) is 12.1. The van der Waals surface area contributed by atoms with Gasteiger partial charge in [-0.05, 0) is 32.9 Å². The van der Waals surface area contributed by atoms with Crippen molar-refractivity contribution in [3.8, 4) is 0 Å². The zero-order valence-corrected chi connectivity index (χ0v) is 16.2. The van der Waals surface area contributed by atoms with Crippen molar-refractivity contribution in [3.05, 3.63) is 24.0 Å². The molecule has 1 saturated heterocycles. The van der Waals surface area contributed by atoms with Crippen LogP contribution in [0, 0.1) is 0 Å². The molecule has 0 aliphatic carbocycles. The second-order valence-corrected chi connectivity index (χ2v) is 7.68. The molecule has 0 radical (unpaired) electrons. The van der Waals surface area contributed by atoms with E-state index in [-0.39, 0.29) is 19.2 Å². The molecule has 2 atom stereocenters. The van der Waals surface area contributed by atoms with Gasteiger partial charge in [-0.1, -0.05) is 0 Å². The number of amides is 1. The van der Waals surface area contributed by atoms with Gasteiger partial charge in [-0.25, -0.2) is 4.79 Å². The van der Waals surface area contributed by atoms with Crippen LogP contribution in [0.2, 0.25) is 0 Å². The van der Waals surface area contributed by atoms with Crippen molar-refractivity contribution >= 4 is 11.8 Å². The first-order valence-corrected chi connectivity index (χ1v) is 8.78. The molecule has 8 nitrogen and oxygen atoms in total. The summed E-state index contributed by atoms with van der Waals surface area (Å²) in [7, 11) is 3.87. The molecule has 1 aliphatic heterocycles. The lowest BCUT2D eigenvalue weighted by molar-refractivity contribution is -0.0777. The van der Waals surface area contributed by atoms with Crippen LogP contribution >= 0.6 is 0 Å². The number of hydrogen-bond acceptors (Lipinski definition) is 7. The quantitative estimate of drug-likeness (QED) is 0.823. The number of hydrogen-bond donors (Lipinski definition) is 2. The van der Waals surface area contributed by atoms with Crippen LogP contribution in [0.5, 0.6) is 0 Å². The number of aromatic nitrogens is 1. The van der Waals surface area contributed by atoms with Crippen LogP contribution in [0.25, 0.3) is 0 Å². The summed E-state index contributed by atoms with van der Waals surface area (Å²) in [6, 6.07) is 3.49. The second-order valence-electron chi connectivity index (χ2n) is 7.68. The minimum absolute atomic E-state index is 0.118. The van der Waals surface area contributed by atoms with Crippen LogP contribution in [0.1, 0.15) is 32.5 Å². The lowest BCUT2D eigenvalue weighted by Gasteiger charge is -2.41. The average Bonchev–Trinajstić information content (AvgIpc) is 2.54. The number of piperazine rings is 1. The Bertz CT molecular complexity index is 600. The Morgan fingerprint density at radius 2 is 2.08 bits per heavy atom. The second kappa shape index (κ2) is 8.20. The van der Waals surface area contributed by atoms with E-state index in [9.17, 15) is 15.0 Å². The van der Waals surface area contributed by atoms with Gasteiger partial charge in [-0.2, -0.15) is 0 Å². The number of ether oxygens (including phenoxy) is 1. The van der Waals surface area contributed by atoms with E-state index in [1.165, 1.54) is 4.90 Å². The first kappa shape index (κ1) is 20.4. The van der Waals surface area contributed by atoms with Gasteiger partial charge >= 0.3 is 6.09 Å². The van der Waals surface area contributed by atoms with Crippen molar-refractivity contribution < 1.29 is 19.7 Å². The maximum atomic E-state index is 12.2. The molecule has 1 aromatic rings. The van der Waals surface area contributed by atoms with Crippen LogP contribution < -0.4 is 4.90 Å². The predicted octanol–water partition coefficient (Wildman–Crippen LogP) is 1.05. The summed E-state index contributed by atoms with van der Waals surface area (Å²) in [5, 5.41) is 20.2. The fourth-order valence-corrected chi connectivity index (χ4v) is 2.86. The monoisotopic (exact) mass is 366 g/mol. The highest BCUT2D eigenvalue weighted by Gasteiger charge is 2.35. The molecule has 2 heterocycles. The largest absolute Gasteiger partial charge is 0.444 e. The van der Waals surface area contributed by atoms with E-state index in [0.717, 1.165) is 11.4 Å². The van der Waals surface area contributed by atoms with Crippen LogP contribution in [0.4, 0.5) is 10.5 Å². The van der Waals surface area contributed by atoms with E-state index < -0.39 is 17.9 Å². The Morgan fingerprint density at radius 3 is 2.54 bits per heavy atom. The fourth-order valence-electron chi connectivity index (χ4n) is 2.86. The Labute approximate surface area is 155 Å². The zero-order valence-electron chi connectivity index (χ0n) is 16.2. The van der Waals surface area contributed by atoms with E-state index in [1.54, 1.807) is 27.0 Å². The summed E-state index contributed by atoms with van der Waals surface area (Å²) in [5.74, 6) is 0. The summed E-state index contributed by atoms with van der Waals surface area (Å²) >= 11 is 0. The molecule has 26 heavy (non-hydrogen) atoms. The third kappa shape index (κ3) is 5.06. The molecule has 0 saturated carbocycles. The molecule has 0 aromatic carbocycles. The number of β-amino-alcohol motifs (C(OH)–C–C–N with tert-alkyl or cyclic N) is 1. The van der Waals surface area contributed by atoms with Crippen molar-refractivity contribution in [2.45, 2.75) is 38.6 Å². The zero-order chi connectivity index (χ0) is 19.5. The standard InChI is InChI=1S/C18H30N4O4/c1-18(2,3)26-17(25)22-9-8-21(11-16(22)24)15(12-23)14-7-6-13(10-19-14)20(4)5/h6-7,10,15-16,23-24H,8-9,11-12H2,1-5H3. The molecule has 8 heteroatoms. The van der Waals surface area contributed by atoms with Crippen molar-refractivity contribution in [2.75, 3.05) is 45.2 Å². The van der Waals surface area contributed by atoms with Gasteiger partial charge in [0.2, 0.25) is 0 Å². The van der Waals surface area contributed by atoms with Crippen LogP contribution in [-0.4, -0.2) is 83.3 Å². The maximum absolute atomic E-state index is 12.2. The highest BCUT2D eigenvalue weighted by molar-refractivity contribution is 5.68. The number of rotatable bonds is 4. The molecule has 1 aromatic heterocycles. The molecule has 2 unspecified atom stereocenters. The number of nitrogens with zero attached hydrogens (tertiary/aromatic N) is 4. The fraction of sp³-hybridized carbons (Fsp3) is 0.667. The van der Waals surface area contributed by atoms with Crippen molar-refractivity contribution in [1.29, 1.82) is 0 Å². The van der Waals surface area contributed by atoms with E-state index in [0.29, 0.717) is 13.1 Å². The van der Waals surface area contributed by atoms with Gasteiger partial charge in [0.25, 0.3) is 0 Å². The number of carbonyl (C=O) groups is 1. The highest BCUT2D eigenvalue weighted by atomic mass is 16.6. The van der Waals surface area contributed by atoms with Crippen LogP contribution in [0.3, 0.4) is 0 Å². The Morgan fingerprint density at radius 1 is 1.38 bits per heavy atom. The van der Waals surface area contributed by atoms with Crippen LogP contribution in [-0.2, 0) is 4.74 Å².